The largest absolute Gasteiger partial charge is 0.435 e. The van der Waals surface area contributed by atoms with Crippen molar-refractivity contribution in [3.8, 4) is 0 Å². The number of nitrogens with zero attached hydrogens (tertiary/aromatic N) is 2. The molecule has 0 saturated heterocycles. The summed E-state index contributed by atoms with van der Waals surface area (Å²) in [5.41, 5.74) is -4.66. The first kappa shape index (κ1) is 15.8. The number of aromatic amines is 2. The molecule has 118 valence electrons. The van der Waals surface area contributed by atoms with Gasteiger partial charge in [-0.2, -0.15) is 31.5 Å². The van der Waals surface area contributed by atoms with Crippen molar-refractivity contribution in [1.82, 2.24) is 10.2 Å². The maximum absolute atomic E-state index is 12.6. The van der Waals surface area contributed by atoms with Crippen molar-refractivity contribution in [1.29, 1.82) is 0 Å². The van der Waals surface area contributed by atoms with Crippen molar-refractivity contribution in [2.75, 3.05) is 0 Å². The van der Waals surface area contributed by atoms with E-state index in [0.717, 1.165) is 12.1 Å². The van der Waals surface area contributed by atoms with Gasteiger partial charge in [-0.3, -0.25) is 15.0 Å². The summed E-state index contributed by atoms with van der Waals surface area (Å²) < 4.78 is 74.7. The van der Waals surface area contributed by atoms with Crippen LogP contribution >= 0.6 is 0 Å². The molecule has 0 radical (unpaired) electrons. The molecule has 5 nitrogen and oxygen atoms in total. The van der Waals surface area contributed by atoms with E-state index in [1.54, 1.807) is 10.2 Å². The fraction of sp³-hybridized carbons (Fsp3) is 0.182. The highest BCUT2D eigenvalue weighted by Gasteiger charge is 2.37. The smallest absolute Gasteiger partial charge is 0.292 e. The first-order valence-corrected chi connectivity index (χ1v) is 5.56. The van der Waals surface area contributed by atoms with Crippen LogP contribution in [0.2, 0.25) is 0 Å². The van der Waals surface area contributed by atoms with Crippen LogP contribution in [0.1, 0.15) is 11.3 Å². The van der Waals surface area contributed by atoms with Crippen LogP contribution in [0.25, 0.3) is 0 Å². The molecular weight excluding hydrogens is 318 g/mol. The molecule has 0 saturated carbocycles. The molecule has 0 amide bonds. The fourth-order valence-corrected chi connectivity index (χ4v) is 1.48. The first-order valence-electron chi connectivity index (χ1n) is 5.56. The highest BCUT2D eigenvalue weighted by atomic mass is 19.4. The van der Waals surface area contributed by atoms with Crippen LogP contribution in [0, 0.1) is 0 Å². The summed E-state index contributed by atoms with van der Waals surface area (Å²) in [6.45, 7) is 0. The number of halogens is 6. The van der Waals surface area contributed by atoms with Crippen LogP contribution in [-0.4, -0.2) is 10.2 Å². The van der Waals surface area contributed by atoms with Crippen molar-refractivity contribution < 1.29 is 26.3 Å². The van der Waals surface area contributed by atoms with E-state index in [1.165, 1.54) is 0 Å². The van der Waals surface area contributed by atoms with E-state index in [9.17, 15) is 31.1 Å². The molecule has 11 heteroatoms. The molecule has 0 bridgehead atoms. The molecule has 0 atom stereocenters. The number of benzene rings is 1. The Morgan fingerprint density at radius 2 is 1.41 bits per heavy atom. The van der Waals surface area contributed by atoms with Gasteiger partial charge in [-0.25, -0.2) is 0 Å². The number of aromatic nitrogens is 2. The van der Waals surface area contributed by atoms with E-state index in [4.69, 9.17) is 0 Å². The third kappa shape index (κ3) is 3.35. The van der Waals surface area contributed by atoms with Crippen molar-refractivity contribution >= 4 is 11.4 Å². The van der Waals surface area contributed by atoms with Crippen molar-refractivity contribution in [2.24, 2.45) is 10.2 Å². The molecule has 2 aromatic rings. The highest BCUT2D eigenvalue weighted by Crippen LogP contribution is 2.34. The van der Waals surface area contributed by atoms with Gasteiger partial charge in [-0.15, -0.1) is 5.11 Å². The minimum Gasteiger partial charge on any atom is -0.292 e. The predicted molar refractivity (Wildman–Crippen MR) is 62.0 cm³/mol. The Labute approximate surface area is 117 Å². The quantitative estimate of drug-likeness (QED) is 0.632. The van der Waals surface area contributed by atoms with Crippen molar-refractivity contribution in [3.63, 3.8) is 0 Å². The van der Waals surface area contributed by atoms with Gasteiger partial charge < -0.3 is 0 Å². The summed E-state index contributed by atoms with van der Waals surface area (Å²) in [7, 11) is 0. The molecule has 0 aliphatic rings. The van der Waals surface area contributed by atoms with E-state index in [-0.39, 0.29) is 5.69 Å². The van der Waals surface area contributed by atoms with E-state index < -0.39 is 34.9 Å². The van der Waals surface area contributed by atoms with Crippen LogP contribution in [0.5, 0.6) is 0 Å². The van der Waals surface area contributed by atoms with Gasteiger partial charge in [0.1, 0.15) is 0 Å². The topological polar surface area (TPSA) is 73.4 Å². The maximum atomic E-state index is 12.6. The molecule has 22 heavy (non-hydrogen) atoms. The average Bonchev–Trinajstić information content (AvgIpc) is 2.77. The lowest BCUT2D eigenvalue weighted by molar-refractivity contribution is -0.140. The van der Waals surface area contributed by atoms with E-state index in [2.05, 4.69) is 10.2 Å². The van der Waals surface area contributed by atoms with Gasteiger partial charge in [0.05, 0.1) is 11.3 Å². The summed E-state index contributed by atoms with van der Waals surface area (Å²) in [6, 6.07) is 3.22. The molecule has 0 aliphatic heterocycles. The Morgan fingerprint density at radius 1 is 0.818 bits per heavy atom. The third-order valence-electron chi connectivity index (χ3n) is 2.50. The summed E-state index contributed by atoms with van der Waals surface area (Å²) in [5.74, 6) is 0. The predicted octanol–water partition coefficient (Wildman–Crippen LogP) is 4.16. The van der Waals surface area contributed by atoms with Crippen LogP contribution in [0.15, 0.2) is 39.3 Å². The molecular formula is C11H6F6N4O. The normalized spacial score (nSPS) is 13.0. The fourth-order valence-electron chi connectivity index (χ4n) is 1.48. The number of H-pyrrole nitrogens is 2. The van der Waals surface area contributed by atoms with Crippen LogP contribution in [0.3, 0.4) is 0 Å². The van der Waals surface area contributed by atoms with Crippen LogP contribution < -0.4 is 5.56 Å². The Bertz CT molecular complexity index is 738. The molecule has 0 aliphatic carbocycles. The number of azo groups is 1. The first-order chi connectivity index (χ1) is 10.1. The lowest BCUT2D eigenvalue weighted by Crippen LogP contribution is -2.06. The number of rotatable bonds is 2. The zero-order chi connectivity index (χ0) is 16.5. The Morgan fingerprint density at radius 3 is 1.91 bits per heavy atom. The zero-order valence-corrected chi connectivity index (χ0v) is 10.4. The summed E-state index contributed by atoms with van der Waals surface area (Å²) in [5, 5.41) is 9.79. The molecule has 1 aromatic carbocycles. The second kappa shape index (κ2) is 5.31. The van der Waals surface area contributed by atoms with E-state index in [1.807, 2.05) is 0 Å². The molecule has 1 aromatic heterocycles. The van der Waals surface area contributed by atoms with Gasteiger partial charge in [-0.1, -0.05) is 0 Å². The average molecular weight is 324 g/mol. The number of hydrogen-bond acceptors (Lipinski definition) is 3. The number of hydrogen-bond donors (Lipinski definition) is 2. The molecule has 2 rings (SSSR count). The number of alkyl halides is 6. The summed E-state index contributed by atoms with van der Waals surface area (Å²) in [6.07, 6.45) is -9.40. The molecule has 0 fully saturated rings. The standard InChI is InChI=1S/C11H6F6N4O/c12-10(13,14)5-1-3-6(4-2-5)18-19-7-8(11(15,16)17)20-21-9(7)22/h1-4H,(H2,20,21,22). The molecule has 0 unspecified atom stereocenters. The van der Waals surface area contributed by atoms with E-state index >= 15 is 0 Å². The monoisotopic (exact) mass is 324 g/mol. The van der Waals surface area contributed by atoms with Gasteiger partial charge in [0.2, 0.25) is 0 Å². The van der Waals surface area contributed by atoms with Crippen molar-refractivity contribution in [2.45, 2.75) is 12.4 Å². The summed E-state index contributed by atoms with van der Waals surface area (Å²) in [4.78, 5) is 11.2. The van der Waals surface area contributed by atoms with E-state index in [0.29, 0.717) is 12.1 Å². The lowest BCUT2D eigenvalue weighted by atomic mass is 10.2. The minimum atomic E-state index is -4.85. The summed E-state index contributed by atoms with van der Waals surface area (Å²) >= 11 is 0. The molecule has 2 N–H and O–H groups in total. The second-order valence-electron chi connectivity index (χ2n) is 4.05. The van der Waals surface area contributed by atoms with Gasteiger partial charge in [0.25, 0.3) is 5.56 Å². The number of nitrogens with one attached hydrogen (secondary N) is 2. The van der Waals surface area contributed by atoms with Crippen LogP contribution in [0.4, 0.5) is 37.7 Å². The zero-order valence-electron chi connectivity index (χ0n) is 10.4. The highest BCUT2D eigenvalue weighted by molar-refractivity contribution is 5.43. The van der Waals surface area contributed by atoms with Gasteiger partial charge in [0, 0.05) is 0 Å². The Kier molecular flexibility index (Phi) is 3.81. The Hall–Kier alpha value is -2.59. The van der Waals surface area contributed by atoms with Gasteiger partial charge >= 0.3 is 12.4 Å². The Balaban J connectivity index is 2.30. The van der Waals surface area contributed by atoms with Gasteiger partial charge in [-0.05, 0) is 24.3 Å². The minimum absolute atomic E-state index is 0.137. The molecule has 1 heterocycles. The lowest BCUT2D eigenvalue weighted by Gasteiger charge is -2.05. The van der Waals surface area contributed by atoms with Gasteiger partial charge in [0.15, 0.2) is 11.4 Å². The SMILES string of the molecule is O=c1[nH][nH]c(C(F)(F)F)c1N=Nc1ccc(C(F)(F)F)cc1. The van der Waals surface area contributed by atoms with Crippen molar-refractivity contribution in [3.05, 3.63) is 45.9 Å². The second-order valence-corrected chi connectivity index (χ2v) is 4.05. The molecule has 0 spiro atoms. The third-order valence-corrected chi connectivity index (χ3v) is 2.50. The van der Waals surface area contributed by atoms with Crippen LogP contribution in [-0.2, 0) is 12.4 Å². The maximum Gasteiger partial charge on any atom is 0.435 e.